The molecule has 2 heterocycles. The molecule has 1 saturated heterocycles. The topological polar surface area (TPSA) is 104 Å². The second-order valence-electron chi connectivity index (χ2n) is 12.6. The normalized spacial score (nSPS) is 17.9. The minimum Gasteiger partial charge on any atom is -0.443 e. The number of ether oxygens (including phenoxy) is 1. The summed E-state index contributed by atoms with van der Waals surface area (Å²) < 4.78 is 21.7. The van der Waals surface area contributed by atoms with Crippen LogP contribution in [-0.2, 0) is 21.7 Å². The maximum absolute atomic E-state index is 15.8. The van der Waals surface area contributed by atoms with Crippen LogP contribution >= 0.6 is 27.5 Å². The molecule has 0 bridgehead atoms. The van der Waals surface area contributed by atoms with Crippen LogP contribution in [-0.4, -0.2) is 39.6 Å². The van der Waals surface area contributed by atoms with Crippen molar-refractivity contribution in [2.24, 2.45) is 10.4 Å². The molecule has 1 aromatic heterocycles. The molecule has 0 aliphatic carbocycles. The van der Waals surface area contributed by atoms with Crippen molar-refractivity contribution in [1.82, 2.24) is 15.2 Å². The lowest BCUT2D eigenvalue weighted by Crippen LogP contribution is -2.47. The molecule has 2 amide bonds. The standard InChI is InChI=1S/C36H35BrClFN4O4/c1-22-9-8-16-40-31(22)26-17-24(12-15-28(26)38)30(19-44)43-32(45)36(21-35(2,3)4,27-14-13-25(37)18-29(27)39)42-33(43)41-34(46)47-20-23-10-6-5-7-11-23/h5-18,30,44H,19-21H2,1-4H3,(H,41,42,46)/t30-,36-/m1/s1. The number of nitrogens with one attached hydrogen (secondary N) is 1. The molecule has 0 saturated carbocycles. The van der Waals surface area contributed by atoms with Gasteiger partial charge >= 0.3 is 6.09 Å². The molecule has 1 aliphatic heterocycles. The number of rotatable bonds is 8. The predicted octanol–water partition coefficient (Wildman–Crippen LogP) is 8.10. The van der Waals surface area contributed by atoms with E-state index in [-0.39, 0.29) is 24.6 Å². The Kier molecular flexibility index (Phi) is 10.1. The van der Waals surface area contributed by atoms with Gasteiger partial charge in [-0.25, -0.2) is 9.18 Å². The van der Waals surface area contributed by atoms with Crippen molar-refractivity contribution in [3.8, 4) is 11.3 Å². The predicted molar refractivity (Wildman–Crippen MR) is 183 cm³/mol. The Labute approximate surface area is 286 Å². The first kappa shape index (κ1) is 34.2. The van der Waals surface area contributed by atoms with E-state index in [1.807, 2.05) is 58.0 Å². The van der Waals surface area contributed by atoms with Gasteiger partial charge in [0.1, 0.15) is 18.0 Å². The average molecular weight is 722 g/mol. The van der Waals surface area contributed by atoms with E-state index in [1.165, 1.54) is 17.0 Å². The number of pyridine rings is 1. The van der Waals surface area contributed by atoms with Crippen molar-refractivity contribution in [1.29, 1.82) is 0 Å². The number of hydrogen-bond acceptors (Lipinski definition) is 5. The number of aromatic nitrogens is 1. The number of guanidine groups is 1. The average Bonchev–Trinajstić information content (AvgIpc) is 3.27. The Morgan fingerprint density at radius 3 is 2.53 bits per heavy atom. The largest absolute Gasteiger partial charge is 0.443 e. The zero-order valence-electron chi connectivity index (χ0n) is 26.4. The number of carbonyl (C=O) groups is 2. The zero-order valence-corrected chi connectivity index (χ0v) is 28.8. The lowest BCUT2D eigenvalue weighted by Gasteiger charge is -2.35. The summed E-state index contributed by atoms with van der Waals surface area (Å²) in [5.74, 6) is -1.39. The summed E-state index contributed by atoms with van der Waals surface area (Å²) in [5.41, 5.74) is 1.26. The third kappa shape index (κ3) is 7.40. The molecule has 8 nitrogen and oxygen atoms in total. The van der Waals surface area contributed by atoms with Crippen molar-refractivity contribution >= 4 is 45.5 Å². The smallest absolute Gasteiger partial charge is 0.437 e. The van der Waals surface area contributed by atoms with Gasteiger partial charge in [-0.15, -0.1) is 4.99 Å². The van der Waals surface area contributed by atoms with Gasteiger partial charge in [0.2, 0.25) is 5.96 Å². The minimum absolute atomic E-state index is 0.0493. The number of halogens is 3. The first-order chi connectivity index (χ1) is 22.3. The number of aliphatic hydroxyl groups is 1. The zero-order chi connectivity index (χ0) is 33.9. The molecular weight excluding hydrogens is 687 g/mol. The van der Waals surface area contributed by atoms with Gasteiger partial charge in [-0.1, -0.05) is 96.8 Å². The van der Waals surface area contributed by atoms with Crippen molar-refractivity contribution in [3.05, 3.63) is 123 Å². The van der Waals surface area contributed by atoms with Gasteiger partial charge in [-0.2, -0.15) is 0 Å². The Morgan fingerprint density at radius 2 is 1.87 bits per heavy atom. The van der Waals surface area contributed by atoms with Gasteiger partial charge in [0.25, 0.3) is 5.91 Å². The van der Waals surface area contributed by atoms with Gasteiger partial charge in [-0.05, 0) is 65.8 Å². The lowest BCUT2D eigenvalue weighted by molar-refractivity contribution is -0.135. The van der Waals surface area contributed by atoms with Crippen molar-refractivity contribution in [2.45, 2.75) is 52.3 Å². The van der Waals surface area contributed by atoms with Crippen LogP contribution in [0.25, 0.3) is 11.3 Å². The van der Waals surface area contributed by atoms with Crippen LogP contribution in [0.4, 0.5) is 9.18 Å². The first-order valence-corrected chi connectivity index (χ1v) is 16.2. The number of aryl methyl sites for hydroxylation is 1. The number of amides is 2. The second-order valence-corrected chi connectivity index (χ2v) is 14.0. The molecule has 1 aliphatic rings. The fraction of sp³-hybridized carbons (Fsp3) is 0.278. The highest BCUT2D eigenvalue weighted by molar-refractivity contribution is 9.10. The third-order valence-electron chi connectivity index (χ3n) is 7.85. The molecule has 47 heavy (non-hydrogen) atoms. The van der Waals surface area contributed by atoms with E-state index < -0.39 is 41.4 Å². The van der Waals surface area contributed by atoms with Crippen molar-refractivity contribution in [3.63, 3.8) is 0 Å². The third-order valence-corrected chi connectivity index (χ3v) is 8.67. The summed E-state index contributed by atoms with van der Waals surface area (Å²) in [6, 6.07) is 21.3. The molecular formula is C36H35BrClFN4O4. The van der Waals surface area contributed by atoms with E-state index in [2.05, 4.69) is 31.2 Å². The van der Waals surface area contributed by atoms with Crippen LogP contribution in [0.2, 0.25) is 5.02 Å². The molecule has 244 valence electrons. The SMILES string of the molecule is Cc1cccnc1-c1cc([C@@H](CO)N2C(=O)[C@@](CC(C)(C)C)(c3ccc(Br)cc3F)NC2=NC(=O)OCc2ccccc2)ccc1Cl. The Bertz CT molecular complexity index is 1830. The molecule has 2 N–H and O–H groups in total. The highest BCUT2D eigenvalue weighted by atomic mass is 79.9. The monoisotopic (exact) mass is 720 g/mol. The summed E-state index contributed by atoms with van der Waals surface area (Å²) in [6.45, 7) is 7.09. The van der Waals surface area contributed by atoms with Crippen molar-refractivity contribution in [2.75, 3.05) is 6.61 Å². The van der Waals surface area contributed by atoms with Gasteiger partial charge < -0.3 is 15.2 Å². The molecule has 0 radical (unpaired) electrons. The molecule has 0 unspecified atom stereocenters. The number of aliphatic imine (C=N–C) groups is 1. The van der Waals surface area contributed by atoms with Crippen LogP contribution in [0.1, 0.15) is 55.5 Å². The number of hydrogen-bond donors (Lipinski definition) is 2. The summed E-state index contributed by atoms with van der Waals surface area (Å²) in [7, 11) is 0. The van der Waals surface area contributed by atoms with E-state index >= 15 is 4.39 Å². The molecule has 1 fully saturated rings. The Hall–Kier alpha value is -4.12. The van der Waals surface area contributed by atoms with Crippen LogP contribution in [0.3, 0.4) is 0 Å². The first-order valence-electron chi connectivity index (χ1n) is 15.0. The van der Waals surface area contributed by atoms with Gasteiger partial charge in [-0.3, -0.25) is 14.7 Å². The van der Waals surface area contributed by atoms with Crippen LogP contribution in [0, 0.1) is 18.2 Å². The van der Waals surface area contributed by atoms with Gasteiger partial charge in [0.15, 0.2) is 0 Å². The van der Waals surface area contributed by atoms with Crippen molar-refractivity contribution < 1.29 is 23.8 Å². The molecule has 0 spiro atoms. The van der Waals surface area contributed by atoms with Crippen LogP contribution in [0.5, 0.6) is 0 Å². The van der Waals surface area contributed by atoms with Gasteiger partial charge in [0, 0.05) is 26.8 Å². The van der Waals surface area contributed by atoms with E-state index in [4.69, 9.17) is 16.3 Å². The number of carbonyl (C=O) groups excluding carboxylic acids is 2. The number of aliphatic hydroxyl groups excluding tert-OH is 1. The van der Waals surface area contributed by atoms with Gasteiger partial charge in [0.05, 0.1) is 18.3 Å². The van der Waals surface area contributed by atoms with E-state index in [1.54, 1.807) is 42.6 Å². The molecule has 11 heteroatoms. The molecule has 3 aromatic carbocycles. The minimum atomic E-state index is -1.68. The molecule has 5 rings (SSSR count). The van der Waals surface area contributed by atoms with E-state index in [9.17, 15) is 14.7 Å². The van der Waals surface area contributed by atoms with Crippen LogP contribution in [0.15, 0.2) is 94.5 Å². The highest BCUT2D eigenvalue weighted by Crippen LogP contribution is 2.44. The summed E-state index contributed by atoms with van der Waals surface area (Å²) >= 11 is 9.93. The van der Waals surface area contributed by atoms with Crippen LogP contribution < -0.4 is 5.32 Å². The van der Waals surface area contributed by atoms with E-state index in [0.717, 1.165) is 11.1 Å². The maximum Gasteiger partial charge on any atom is 0.437 e. The molecule has 2 atom stereocenters. The number of benzene rings is 3. The summed E-state index contributed by atoms with van der Waals surface area (Å²) in [6.07, 6.45) is 0.820. The Balaban J connectivity index is 1.65. The van der Waals surface area contributed by atoms with E-state index in [0.29, 0.717) is 26.3 Å². The fourth-order valence-corrected chi connectivity index (χ4v) is 6.42. The fourth-order valence-electron chi connectivity index (χ4n) is 5.88. The maximum atomic E-state index is 15.8. The lowest BCUT2D eigenvalue weighted by atomic mass is 9.75. The second kappa shape index (κ2) is 13.9. The summed E-state index contributed by atoms with van der Waals surface area (Å²) in [4.78, 5) is 38.0. The molecule has 4 aromatic rings. The Morgan fingerprint density at radius 1 is 1.13 bits per heavy atom. The quantitative estimate of drug-likeness (QED) is 0.191. The number of nitrogens with zero attached hydrogens (tertiary/aromatic N) is 3. The highest BCUT2D eigenvalue weighted by Gasteiger charge is 2.56. The summed E-state index contributed by atoms with van der Waals surface area (Å²) in [5, 5.41) is 14.5.